The summed E-state index contributed by atoms with van der Waals surface area (Å²) in [5, 5.41) is 19.6. The van der Waals surface area contributed by atoms with Crippen LogP contribution in [0.2, 0.25) is 0 Å². The monoisotopic (exact) mass is 747 g/mol. The molecule has 2 aromatic heterocycles. The molecule has 3 aromatic rings. The minimum atomic E-state index is -1.25. The lowest BCUT2D eigenvalue weighted by Gasteiger charge is -2.30. The zero-order valence-electron chi connectivity index (χ0n) is 31.0. The number of hydrogen-bond acceptors (Lipinski definition) is 11. The Labute approximate surface area is 313 Å². The van der Waals surface area contributed by atoms with Crippen LogP contribution in [0.4, 0.5) is 9.93 Å². The number of fused-ring (bicyclic) bond motifs is 3. The molecular formula is C39H49N5O8S. The van der Waals surface area contributed by atoms with E-state index in [9.17, 15) is 24.3 Å². The van der Waals surface area contributed by atoms with E-state index in [0.29, 0.717) is 47.7 Å². The molecule has 0 radical (unpaired) electrons. The van der Waals surface area contributed by atoms with Crippen molar-refractivity contribution < 1.29 is 38.5 Å². The lowest BCUT2D eigenvalue weighted by molar-refractivity contribution is -0.147. The first-order valence-electron chi connectivity index (χ1n) is 18.4. The molecule has 3 aliphatic rings. The summed E-state index contributed by atoms with van der Waals surface area (Å²) in [6.45, 7) is 11.7. The normalized spacial score (nSPS) is 25.0. The quantitative estimate of drug-likeness (QED) is 0.201. The number of aromatic nitrogens is 2. The van der Waals surface area contributed by atoms with E-state index in [1.807, 2.05) is 51.3 Å². The third-order valence-electron chi connectivity index (χ3n) is 10.4. The number of alkyl carbamates (subject to hydrolysis) is 1. The Hall–Kier alpha value is -4.72. The molecule has 14 heteroatoms. The van der Waals surface area contributed by atoms with Crippen LogP contribution < -0.4 is 20.1 Å². The van der Waals surface area contributed by atoms with E-state index < -0.39 is 41.6 Å². The van der Waals surface area contributed by atoms with Gasteiger partial charge in [0.05, 0.1) is 42.9 Å². The number of nitrogens with one attached hydrogen (secondary N) is 2. The maximum atomic E-state index is 14.3. The number of rotatable bonds is 10. The smallest absolute Gasteiger partial charge is 0.407 e. The molecule has 1 aromatic carbocycles. The molecule has 1 aliphatic carbocycles. The summed E-state index contributed by atoms with van der Waals surface area (Å²) in [5.74, 6) is -1.34. The molecule has 1 saturated carbocycles. The van der Waals surface area contributed by atoms with Gasteiger partial charge in [-0.15, -0.1) is 17.9 Å². The second-order valence-electron chi connectivity index (χ2n) is 15.0. The molecule has 0 unspecified atom stereocenters. The fourth-order valence-electron chi connectivity index (χ4n) is 7.41. The van der Waals surface area contributed by atoms with Crippen molar-refractivity contribution in [2.45, 2.75) is 96.9 Å². The molecule has 2 amide bonds. The molecule has 5 atom stereocenters. The van der Waals surface area contributed by atoms with Crippen molar-refractivity contribution >= 4 is 51.1 Å². The largest absolute Gasteiger partial charge is 0.496 e. The molecule has 284 valence electrons. The first-order chi connectivity index (χ1) is 25.3. The number of benzene rings is 1. The molecule has 4 bridgehead atoms. The van der Waals surface area contributed by atoms with E-state index in [2.05, 4.69) is 17.2 Å². The first-order valence-corrected chi connectivity index (χ1v) is 19.2. The number of aryl methyl sites for hydroxylation is 1. The molecule has 0 spiro atoms. The summed E-state index contributed by atoms with van der Waals surface area (Å²) in [5.41, 5.74) is 1.61. The Balaban J connectivity index is 1.42. The van der Waals surface area contributed by atoms with Crippen molar-refractivity contribution in [3.63, 3.8) is 0 Å². The molecule has 53 heavy (non-hydrogen) atoms. The van der Waals surface area contributed by atoms with Crippen LogP contribution in [-0.2, 0) is 25.5 Å². The number of pyridine rings is 1. The van der Waals surface area contributed by atoms with Crippen LogP contribution in [0.25, 0.3) is 22.3 Å². The molecular weight excluding hydrogens is 699 g/mol. The number of methoxy groups -OCH3 is 1. The molecule has 4 heterocycles. The van der Waals surface area contributed by atoms with Gasteiger partial charge in [-0.3, -0.25) is 14.4 Å². The third kappa shape index (κ3) is 8.12. The van der Waals surface area contributed by atoms with Gasteiger partial charge in [0.1, 0.15) is 29.3 Å². The summed E-state index contributed by atoms with van der Waals surface area (Å²) < 4.78 is 18.1. The van der Waals surface area contributed by atoms with Crippen molar-refractivity contribution in [2.75, 3.05) is 25.6 Å². The van der Waals surface area contributed by atoms with E-state index in [0.717, 1.165) is 28.9 Å². The number of hydrogen-bond donors (Lipinski definition) is 3. The molecule has 6 rings (SSSR count). The van der Waals surface area contributed by atoms with Gasteiger partial charge in [0.25, 0.3) is 0 Å². The molecule has 3 N–H and O–H groups in total. The number of aliphatic carboxylic acids is 1. The maximum Gasteiger partial charge on any atom is 0.407 e. The second-order valence-corrected chi connectivity index (χ2v) is 15.8. The highest BCUT2D eigenvalue weighted by Gasteiger charge is 2.61. The Bertz CT molecular complexity index is 1890. The van der Waals surface area contributed by atoms with Gasteiger partial charge in [0.2, 0.25) is 5.91 Å². The number of anilines is 1. The van der Waals surface area contributed by atoms with Crippen LogP contribution in [0.1, 0.15) is 71.8 Å². The number of allylic oxidation sites excluding steroid dienone is 1. The van der Waals surface area contributed by atoms with Crippen LogP contribution in [0.5, 0.6) is 11.5 Å². The number of cyclic esters (lactones) is 1. The van der Waals surface area contributed by atoms with Crippen LogP contribution in [0, 0.1) is 17.3 Å². The average molecular weight is 748 g/mol. The number of Topliss-reactive ketones (excluding diaryl/α,β-unsaturated/α-hetero) is 1. The molecule has 13 nitrogen and oxygen atoms in total. The highest BCUT2D eigenvalue weighted by atomic mass is 32.1. The summed E-state index contributed by atoms with van der Waals surface area (Å²) in [4.78, 5) is 64.9. The number of nitrogens with zero attached hydrogens (tertiary/aromatic N) is 3. The van der Waals surface area contributed by atoms with Gasteiger partial charge in [-0.05, 0) is 69.4 Å². The van der Waals surface area contributed by atoms with Crippen LogP contribution in [0.3, 0.4) is 0 Å². The average Bonchev–Trinajstić information content (AvgIpc) is 3.39. The Kier molecular flexibility index (Phi) is 11.3. The van der Waals surface area contributed by atoms with E-state index in [-0.39, 0.29) is 49.7 Å². The lowest BCUT2D eigenvalue weighted by Crippen LogP contribution is -2.54. The minimum Gasteiger partial charge on any atom is -0.496 e. The summed E-state index contributed by atoms with van der Waals surface area (Å²) in [6, 6.07) is 4.01. The van der Waals surface area contributed by atoms with E-state index in [4.69, 9.17) is 24.2 Å². The van der Waals surface area contributed by atoms with Gasteiger partial charge in [0, 0.05) is 41.8 Å². The summed E-state index contributed by atoms with van der Waals surface area (Å²) in [6.07, 6.45) is 3.37. The van der Waals surface area contributed by atoms with Crippen LogP contribution in [0.15, 0.2) is 36.2 Å². The zero-order chi connectivity index (χ0) is 38.0. The van der Waals surface area contributed by atoms with Gasteiger partial charge in [-0.2, -0.15) is 0 Å². The Morgan fingerprint density at radius 2 is 1.96 bits per heavy atom. The van der Waals surface area contributed by atoms with Gasteiger partial charge in [-0.25, -0.2) is 14.8 Å². The van der Waals surface area contributed by atoms with Crippen LogP contribution in [-0.4, -0.2) is 88.2 Å². The van der Waals surface area contributed by atoms with Crippen molar-refractivity contribution in [3.05, 3.63) is 41.8 Å². The molecule has 2 fully saturated rings. The van der Waals surface area contributed by atoms with Gasteiger partial charge >= 0.3 is 12.1 Å². The van der Waals surface area contributed by atoms with Crippen molar-refractivity contribution in [1.29, 1.82) is 0 Å². The number of carbonyl (C=O) groups is 4. The predicted molar refractivity (Wildman–Crippen MR) is 201 cm³/mol. The minimum absolute atomic E-state index is 0.0431. The Morgan fingerprint density at radius 3 is 2.64 bits per heavy atom. The summed E-state index contributed by atoms with van der Waals surface area (Å²) >= 11 is 1.48. The fraction of sp³-hybridized carbons (Fsp3) is 0.538. The van der Waals surface area contributed by atoms with Gasteiger partial charge in [-0.1, -0.05) is 19.9 Å². The number of carbonyl (C=O) groups excluding carboxylic acids is 3. The van der Waals surface area contributed by atoms with E-state index >= 15 is 0 Å². The van der Waals surface area contributed by atoms with Crippen molar-refractivity contribution in [3.8, 4) is 22.9 Å². The number of ether oxygens (including phenoxy) is 3. The van der Waals surface area contributed by atoms with E-state index in [1.165, 1.54) is 16.2 Å². The molecule has 2 aliphatic heterocycles. The van der Waals surface area contributed by atoms with Gasteiger partial charge < -0.3 is 34.9 Å². The number of carboxylic acids is 1. The Morgan fingerprint density at radius 1 is 1.17 bits per heavy atom. The highest BCUT2D eigenvalue weighted by molar-refractivity contribution is 7.14. The van der Waals surface area contributed by atoms with Crippen molar-refractivity contribution in [1.82, 2.24) is 20.2 Å². The second kappa shape index (κ2) is 15.7. The molecule has 1 saturated heterocycles. The third-order valence-corrected chi connectivity index (χ3v) is 11.2. The number of thiazole rings is 1. The highest BCUT2D eigenvalue weighted by Crippen LogP contribution is 2.56. The topological polar surface area (TPSA) is 169 Å². The lowest BCUT2D eigenvalue weighted by atomic mass is 9.92. The number of carboxylic acid groups (broad SMARTS) is 1. The predicted octanol–water partition coefficient (Wildman–Crippen LogP) is 6.25. The van der Waals surface area contributed by atoms with E-state index in [1.54, 1.807) is 13.2 Å². The van der Waals surface area contributed by atoms with Gasteiger partial charge in [0.15, 0.2) is 10.9 Å². The first kappa shape index (κ1) is 38.0. The number of ketones is 1. The number of amides is 2. The SMILES string of the molecule is C=C[C@@H]1C[C@]1(CC(=O)[C@@H]1C[C@@H]2CN1C(=O)[C@H](C(C)C)NC(=O)OCCCCCc1cc3c(cc(-c4csc(NC(C)C)n4)nc3cc1OC)O2)C(=O)O. The van der Waals surface area contributed by atoms with Crippen molar-refractivity contribution in [2.24, 2.45) is 17.3 Å². The zero-order valence-corrected chi connectivity index (χ0v) is 31.8. The summed E-state index contributed by atoms with van der Waals surface area (Å²) in [7, 11) is 1.63. The maximum absolute atomic E-state index is 14.3. The fourth-order valence-corrected chi connectivity index (χ4v) is 8.27. The van der Waals surface area contributed by atoms with Crippen LogP contribution >= 0.6 is 11.3 Å². The standard InChI is InChI=1S/C39H49N5O8S/c1-7-24-17-39(24,36(47)48)18-31(45)30-14-25-19-44(30)35(46)34(21(2)3)43-38(49)51-12-10-8-9-11-23-13-26-27(15-32(23)50-6)41-28(16-33(26)52-25)29-20-53-37(42-29)40-22(4)5/h7,13,15-16,20-22,24-25,30,34H,1,8-12,14,17-19H2,2-6H3,(H,40,42)(H,43,49)(H,47,48)/t24-,25-,30+,34+,39-/m1/s1.